The zero-order valence-electron chi connectivity index (χ0n) is 18.9. The zero-order valence-corrected chi connectivity index (χ0v) is 19.7. The highest BCUT2D eigenvalue weighted by Gasteiger charge is 2.24. The van der Waals surface area contributed by atoms with Crippen LogP contribution < -0.4 is 14.8 Å². The fourth-order valence-electron chi connectivity index (χ4n) is 4.23. The van der Waals surface area contributed by atoms with Gasteiger partial charge in [-0.2, -0.15) is 0 Å². The van der Waals surface area contributed by atoms with E-state index in [0.29, 0.717) is 42.4 Å². The highest BCUT2D eigenvalue weighted by atomic mass is 32.2. The Morgan fingerprint density at radius 1 is 1.12 bits per heavy atom. The molecule has 1 N–H and O–H groups in total. The van der Waals surface area contributed by atoms with Gasteiger partial charge in [-0.1, -0.05) is 18.2 Å². The third-order valence-corrected chi connectivity index (χ3v) is 7.11. The van der Waals surface area contributed by atoms with E-state index in [4.69, 9.17) is 9.47 Å². The van der Waals surface area contributed by atoms with Crippen molar-refractivity contribution in [2.45, 2.75) is 31.3 Å². The summed E-state index contributed by atoms with van der Waals surface area (Å²) in [5.74, 6) is 1.59. The zero-order chi connectivity index (χ0) is 23.5. The van der Waals surface area contributed by atoms with Crippen molar-refractivity contribution in [2.24, 2.45) is 0 Å². The van der Waals surface area contributed by atoms with Crippen LogP contribution in [0.1, 0.15) is 32.7 Å². The Morgan fingerprint density at radius 2 is 1.94 bits per heavy atom. The normalized spacial score (nSPS) is 14.0. The number of benzene rings is 2. The summed E-state index contributed by atoms with van der Waals surface area (Å²) in [5.41, 5.74) is 4.66. The molecule has 5 rings (SSSR count). The lowest BCUT2D eigenvalue weighted by Gasteiger charge is -2.30. The Hall–Kier alpha value is -3.52. The van der Waals surface area contributed by atoms with E-state index in [-0.39, 0.29) is 18.6 Å². The topological polar surface area (TPSA) is 80.8 Å². The van der Waals surface area contributed by atoms with Crippen molar-refractivity contribution >= 4 is 23.6 Å². The molecule has 2 aliphatic rings. The summed E-state index contributed by atoms with van der Waals surface area (Å²) in [6.45, 7) is 3.71. The van der Waals surface area contributed by atoms with Crippen molar-refractivity contribution in [3.63, 3.8) is 0 Å². The van der Waals surface area contributed by atoms with Crippen LogP contribution in [0, 0.1) is 6.92 Å². The molecule has 2 aliphatic heterocycles. The summed E-state index contributed by atoms with van der Waals surface area (Å²) in [6, 6.07) is 15.1. The minimum absolute atomic E-state index is 0.123. The predicted molar refractivity (Wildman–Crippen MR) is 129 cm³/mol. The highest BCUT2D eigenvalue weighted by molar-refractivity contribution is 8.00. The number of aromatic nitrogens is 1. The minimum atomic E-state index is -0.180. The molecule has 0 spiro atoms. The third-order valence-electron chi connectivity index (χ3n) is 6.11. The molecule has 7 nitrogen and oxygen atoms in total. The molecule has 1 aromatic heterocycles. The van der Waals surface area contributed by atoms with E-state index in [0.717, 1.165) is 28.1 Å². The molecule has 2 aromatic carbocycles. The van der Waals surface area contributed by atoms with Gasteiger partial charge in [-0.05, 0) is 60.4 Å². The molecule has 0 unspecified atom stereocenters. The van der Waals surface area contributed by atoms with Crippen LogP contribution in [-0.4, -0.2) is 40.8 Å². The van der Waals surface area contributed by atoms with Gasteiger partial charge in [0.05, 0.1) is 5.75 Å². The Labute approximate surface area is 202 Å². The molecule has 8 heteroatoms. The van der Waals surface area contributed by atoms with Gasteiger partial charge in [0, 0.05) is 42.0 Å². The van der Waals surface area contributed by atoms with Crippen LogP contribution in [0.4, 0.5) is 0 Å². The van der Waals surface area contributed by atoms with Gasteiger partial charge < -0.3 is 19.7 Å². The Kier molecular flexibility index (Phi) is 6.40. The van der Waals surface area contributed by atoms with Gasteiger partial charge in [-0.25, -0.2) is 0 Å². The fraction of sp³-hybridized carbons (Fsp3) is 0.269. The van der Waals surface area contributed by atoms with Crippen LogP contribution in [0.3, 0.4) is 0 Å². The van der Waals surface area contributed by atoms with Gasteiger partial charge in [-0.3, -0.25) is 14.6 Å². The monoisotopic (exact) mass is 475 g/mol. The summed E-state index contributed by atoms with van der Waals surface area (Å²) < 4.78 is 10.7. The van der Waals surface area contributed by atoms with Gasteiger partial charge in [0.2, 0.25) is 12.7 Å². The Balaban J connectivity index is 1.23. The van der Waals surface area contributed by atoms with E-state index in [1.54, 1.807) is 30.0 Å². The van der Waals surface area contributed by atoms with Crippen molar-refractivity contribution in [3.8, 4) is 11.5 Å². The molecular weight excluding hydrogens is 450 g/mol. The van der Waals surface area contributed by atoms with Gasteiger partial charge in [0.25, 0.3) is 5.91 Å². The van der Waals surface area contributed by atoms with Crippen LogP contribution in [0.15, 0.2) is 59.6 Å². The molecule has 34 heavy (non-hydrogen) atoms. The summed E-state index contributed by atoms with van der Waals surface area (Å²) in [4.78, 5) is 33.1. The fourth-order valence-corrected chi connectivity index (χ4v) is 5.05. The number of carbonyl (C=O) groups excluding carboxylic acids is 2. The molecule has 0 saturated heterocycles. The maximum absolute atomic E-state index is 12.8. The number of aryl methyl sites for hydroxylation is 1. The number of thioether (sulfide) groups is 1. The van der Waals surface area contributed by atoms with E-state index in [1.165, 1.54) is 5.56 Å². The first kappa shape index (κ1) is 22.3. The number of amides is 2. The second-order valence-electron chi connectivity index (χ2n) is 8.24. The van der Waals surface area contributed by atoms with E-state index >= 15 is 0 Å². The molecule has 2 amide bonds. The maximum atomic E-state index is 12.8. The van der Waals surface area contributed by atoms with Gasteiger partial charge in [0.1, 0.15) is 0 Å². The first-order valence-electron chi connectivity index (χ1n) is 11.2. The second-order valence-corrected chi connectivity index (χ2v) is 9.29. The van der Waals surface area contributed by atoms with Gasteiger partial charge >= 0.3 is 0 Å². The Morgan fingerprint density at radius 3 is 2.79 bits per heavy atom. The standard InChI is InChI=1S/C26H25N3O4S/c1-17-22(13-28-26(31)18-7-8-23-24(11-18)33-16-32-23)21-9-10-29(14-19(21)12-27-17)25(30)15-34-20-5-3-2-4-6-20/h2-8,11-12H,9-10,13-16H2,1H3,(H,28,31). The lowest BCUT2D eigenvalue weighted by atomic mass is 9.95. The average Bonchev–Trinajstić information content (AvgIpc) is 3.35. The number of nitrogens with one attached hydrogen (secondary N) is 1. The van der Waals surface area contributed by atoms with E-state index in [1.807, 2.05) is 48.4 Å². The molecule has 3 heterocycles. The molecule has 0 saturated carbocycles. The summed E-state index contributed by atoms with van der Waals surface area (Å²) in [6.07, 6.45) is 2.60. The van der Waals surface area contributed by atoms with E-state index in [2.05, 4.69) is 10.3 Å². The summed E-state index contributed by atoms with van der Waals surface area (Å²) in [7, 11) is 0. The molecule has 0 bridgehead atoms. The first-order chi connectivity index (χ1) is 16.6. The molecular formula is C26H25N3O4S. The summed E-state index contributed by atoms with van der Waals surface area (Å²) >= 11 is 1.55. The maximum Gasteiger partial charge on any atom is 0.251 e. The van der Waals surface area contributed by atoms with Crippen LogP contribution in [0.5, 0.6) is 11.5 Å². The molecule has 0 atom stereocenters. The second kappa shape index (κ2) is 9.77. The number of hydrogen-bond acceptors (Lipinski definition) is 6. The van der Waals surface area contributed by atoms with Gasteiger partial charge in [-0.15, -0.1) is 11.8 Å². The lowest BCUT2D eigenvalue weighted by Crippen LogP contribution is -2.38. The van der Waals surface area contributed by atoms with Crippen molar-refractivity contribution < 1.29 is 19.1 Å². The molecule has 3 aromatic rings. The van der Waals surface area contributed by atoms with E-state index in [9.17, 15) is 9.59 Å². The molecule has 174 valence electrons. The number of fused-ring (bicyclic) bond motifs is 2. The highest BCUT2D eigenvalue weighted by Crippen LogP contribution is 2.32. The predicted octanol–water partition coefficient (Wildman–Crippen LogP) is 3.73. The largest absolute Gasteiger partial charge is 0.454 e. The van der Waals surface area contributed by atoms with Crippen LogP contribution in [0.2, 0.25) is 0 Å². The van der Waals surface area contributed by atoms with E-state index < -0.39 is 0 Å². The number of pyridine rings is 1. The number of rotatable bonds is 6. The van der Waals surface area contributed by atoms with Crippen molar-refractivity contribution in [1.82, 2.24) is 15.2 Å². The molecule has 0 radical (unpaired) electrons. The first-order valence-corrected chi connectivity index (χ1v) is 12.2. The van der Waals surface area contributed by atoms with Crippen molar-refractivity contribution in [3.05, 3.63) is 82.7 Å². The van der Waals surface area contributed by atoms with Crippen molar-refractivity contribution in [1.29, 1.82) is 0 Å². The average molecular weight is 476 g/mol. The number of hydrogen-bond donors (Lipinski definition) is 1. The smallest absolute Gasteiger partial charge is 0.251 e. The quantitative estimate of drug-likeness (QED) is 0.548. The summed E-state index contributed by atoms with van der Waals surface area (Å²) in [5, 5.41) is 3.01. The SMILES string of the molecule is Cc1ncc2c(c1CNC(=O)c1ccc3c(c1)OCO3)CCN(C(=O)CSc1ccccc1)C2. The van der Waals surface area contributed by atoms with Gasteiger partial charge in [0.15, 0.2) is 11.5 Å². The third kappa shape index (κ3) is 4.72. The van der Waals surface area contributed by atoms with Crippen LogP contribution >= 0.6 is 11.8 Å². The minimum Gasteiger partial charge on any atom is -0.454 e. The van der Waals surface area contributed by atoms with Crippen molar-refractivity contribution in [2.75, 3.05) is 19.1 Å². The lowest BCUT2D eigenvalue weighted by molar-refractivity contribution is -0.129. The number of nitrogens with zero attached hydrogens (tertiary/aromatic N) is 2. The van der Waals surface area contributed by atoms with Crippen LogP contribution in [0.25, 0.3) is 0 Å². The molecule has 0 aliphatic carbocycles. The number of ether oxygens (including phenoxy) is 2. The number of carbonyl (C=O) groups is 2. The van der Waals surface area contributed by atoms with Crippen LogP contribution in [-0.2, 0) is 24.3 Å². The Bertz CT molecular complexity index is 1230. The molecule has 0 fully saturated rings.